The van der Waals surface area contributed by atoms with Gasteiger partial charge >= 0.3 is 0 Å². The van der Waals surface area contributed by atoms with Gasteiger partial charge in [-0.15, -0.1) is 0 Å². The van der Waals surface area contributed by atoms with Crippen molar-refractivity contribution in [2.24, 2.45) is 0 Å². The summed E-state index contributed by atoms with van der Waals surface area (Å²) in [6.07, 6.45) is 0. The predicted molar refractivity (Wildman–Crippen MR) is 78.2 cm³/mol. The molecule has 0 aliphatic rings. The number of nitrogens with one attached hydrogen (secondary N) is 1. The quantitative estimate of drug-likeness (QED) is 0.911. The Labute approximate surface area is 120 Å². The van der Waals surface area contributed by atoms with Crippen molar-refractivity contribution in [3.63, 3.8) is 0 Å². The minimum Gasteiger partial charge on any atom is -0.508 e. The summed E-state index contributed by atoms with van der Waals surface area (Å²) in [4.78, 5) is 12.0. The van der Waals surface area contributed by atoms with Crippen molar-refractivity contribution in [3.05, 3.63) is 63.6 Å². The van der Waals surface area contributed by atoms with Crippen LogP contribution in [-0.2, 0) is 6.54 Å². The van der Waals surface area contributed by atoms with Gasteiger partial charge in [-0.2, -0.15) is 0 Å². The summed E-state index contributed by atoms with van der Waals surface area (Å²) in [5.41, 5.74) is 2.44. The highest BCUT2D eigenvalue weighted by Gasteiger charge is 2.08. The van der Waals surface area contributed by atoms with Crippen molar-refractivity contribution in [2.75, 3.05) is 0 Å². The highest BCUT2D eigenvalue weighted by atomic mass is 79.9. The van der Waals surface area contributed by atoms with Gasteiger partial charge in [0.1, 0.15) is 5.75 Å². The molecule has 0 heterocycles. The summed E-state index contributed by atoms with van der Waals surface area (Å²) < 4.78 is 0.953. The van der Waals surface area contributed by atoms with Gasteiger partial charge in [-0.05, 0) is 48.4 Å². The topological polar surface area (TPSA) is 49.3 Å². The first-order valence-electron chi connectivity index (χ1n) is 5.88. The number of benzene rings is 2. The van der Waals surface area contributed by atoms with Gasteiger partial charge in [-0.25, -0.2) is 0 Å². The maximum absolute atomic E-state index is 12.0. The van der Waals surface area contributed by atoms with E-state index in [9.17, 15) is 9.90 Å². The number of carbonyl (C=O) groups excluding carboxylic acids is 1. The average Bonchev–Trinajstić information content (AvgIpc) is 2.36. The number of phenols is 1. The third-order valence-electron chi connectivity index (χ3n) is 2.80. The van der Waals surface area contributed by atoms with Crippen LogP contribution in [0.3, 0.4) is 0 Å². The zero-order valence-electron chi connectivity index (χ0n) is 10.5. The lowest BCUT2D eigenvalue weighted by atomic mass is 10.1. The molecular weight excluding hydrogens is 306 g/mol. The van der Waals surface area contributed by atoms with Crippen LogP contribution in [0.2, 0.25) is 0 Å². The van der Waals surface area contributed by atoms with E-state index in [1.54, 1.807) is 24.3 Å². The van der Waals surface area contributed by atoms with E-state index in [4.69, 9.17) is 0 Å². The maximum Gasteiger partial charge on any atom is 0.251 e. The number of aryl methyl sites for hydroxylation is 1. The van der Waals surface area contributed by atoms with Crippen LogP contribution in [0.5, 0.6) is 5.75 Å². The lowest BCUT2D eigenvalue weighted by molar-refractivity contribution is 0.0950. The number of carbonyl (C=O) groups is 1. The van der Waals surface area contributed by atoms with E-state index in [2.05, 4.69) is 21.2 Å². The summed E-state index contributed by atoms with van der Waals surface area (Å²) in [7, 11) is 0. The number of phenolic OH excluding ortho intramolecular Hbond substituents is 1. The SMILES string of the molecule is Cc1cc(Br)ccc1C(=O)NCc1cccc(O)c1. The Hall–Kier alpha value is -1.81. The number of hydrogen-bond acceptors (Lipinski definition) is 2. The normalized spacial score (nSPS) is 10.2. The second-order valence-corrected chi connectivity index (χ2v) is 5.23. The van der Waals surface area contributed by atoms with Crippen molar-refractivity contribution in [1.82, 2.24) is 5.32 Å². The number of aromatic hydroxyl groups is 1. The lowest BCUT2D eigenvalue weighted by Crippen LogP contribution is -2.23. The van der Waals surface area contributed by atoms with Crippen LogP contribution in [0.4, 0.5) is 0 Å². The summed E-state index contributed by atoms with van der Waals surface area (Å²) in [5.74, 6) is 0.0833. The van der Waals surface area contributed by atoms with Gasteiger partial charge in [0.2, 0.25) is 0 Å². The predicted octanol–water partition coefficient (Wildman–Crippen LogP) is 3.39. The van der Waals surface area contributed by atoms with Crippen LogP contribution >= 0.6 is 15.9 Å². The van der Waals surface area contributed by atoms with E-state index in [-0.39, 0.29) is 11.7 Å². The zero-order chi connectivity index (χ0) is 13.8. The molecular formula is C15H14BrNO2. The first kappa shape index (κ1) is 13.6. The molecule has 0 atom stereocenters. The Balaban J connectivity index is 2.05. The summed E-state index contributed by atoms with van der Waals surface area (Å²) in [6, 6.07) is 12.4. The Morgan fingerprint density at radius 1 is 1.26 bits per heavy atom. The number of halogens is 1. The lowest BCUT2D eigenvalue weighted by Gasteiger charge is -2.08. The highest BCUT2D eigenvalue weighted by Crippen LogP contribution is 2.16. The van der Waals surface area contributed by atoms with Crippen LogP contribution in [0, 0.1) is 6.92 Å². The van der Waals surface area contributed by atoms with E-state index in [0.717, 1.165) is 15.6 Å². The first-order chi connectivity index (χ1) is 9.06. The van der Waals surface area contributed by atoms with Gasteiger partial charge in [-0.3, -0.25) is 4.79 Å². The number of rotatable bonds is 3. The summed E-state index contributed by atoms with van der Waals surface area (Å²) in [5, 5.41) is 12.2. The number of amides is 1. The van der Waals surface area contributed by atoms with Gasteiger partial charge in [0.25, 0.3) is 5.91 Å². The minimum atomic E-state index is -0.117. The molecule has 98 valence electrons. The van der Waals surface area contributed by atoms with Gasteiger partial charge in [-0.1, -0.05) is 28.1 Å². The fourth-order valence-corrected chi connectivity index (χ4v) is 2.30. The molecule has 2 N–H and O–H groups in total. The average molecular weight is 320 g/mol. The molecule has 0 fully saturated rings. The van der Waals surface area contributed by atoms with Crippen molar-refractivity contribution in [2.45, 2.75) is 13.5 Å². The van der Waals surface area contributed by atoms with Crippen LogP contribution in [0.15, 0.2) is 46.9 Å². The first-order valence-corrected chi connectivity index (χ1v) is 6.68. The highest BCUT2D eigenvalue weighted by molar-refractivity contribution is 9.10. The summed E-state index contributed by atoms with van der Waals surface area (Å²) >= 11 is 3.37. The standard InChI is InChI=1S/C15H14BrNO2/c1-10-7-12(16)5-6-14(10)15(19)17-9-11-3-2-4-13(18)8-11/h2-8,18H,9H2,1H3,(H,17,19). The fourth-order valence-electron chi connectivity index (χ4n) is 1.83. The molecule has 3 nitrogen and oxygen atoms in total. The second-order valence-electron chi connectivity index (χ2n) is 4.31. The third-order valence-corrected chi connectivity index (χ3v) is 3.29. The summed E-state index contributed by atoms with van der Waals surface area (Å²) in [6.45, 7) is 2.29. The van der Waals surface area contributed by atoms with Gasteiger partial charge < -0.3 is 10.4 Å². The Morgan fingerprint density at radius 2 is 2.05 bits per heavy atom. The minimum absolute atomic E-state index is 0.117. The molecule has 2 aromatic carbocycles. The molecule has 2 aromatic rings. The van der Waals surface area contributed by atoms with Crippen molar-refractivity contribution >= 4 is 21.8 Å². The monoisotopic (exact) mass is 319 g/mol. The van der Waals surface area contributed by atoms with Crippen molar-refractivity contribution < 1.29 is 9.90 Å². The van der Waals surface area contributed by atoms with Crippen LogP contribution in [0.1, 0.15) is 21.5 Å². The van der Waals surface area contributed by atoms with E-state index in [1.807, 2.05) is 25.1 Å². The second kappa shape index (κ2) is 5.89. The van der Waals surface area contributed by atoms with E-state index >= 15 is 0 Å². The third kappa shape index (κ3) is 3.58. The molecule has 0 aliphatic carbocycles. The molecule has 0 aliphatic heterocycles. The van der Waals surface area contributed by atoms with Gasteiger partial charge in [0.15, 0.2) is 0 Å². The molecule has 0 radical (unpaired) electrons. The zero-order valence-corrected chi connectivity index (χ0v) is 12.1. The molecule has 2 rings (SSSR count). The molecule has 0 aromatic heterocycles. The van der Waals surface area contributed by atoms with E-state index in [1.165, 1.54) is 0 Å². The maximum atomic E-state index is 12.0. The molecule has 0 unspecified atom stereocenters. The molecule has 4 heteroatoms. The molecule has 0 saturated carbocycles. The molecule has 0 saturated heterocycles. The Morgan fingerprint density at radius 3 is 2.74 bits per heavy atom. The van der Waals surface area contributed by atoms with Crippen LogP contribution in [0.25, 0.3) is 0 Å². The molecule has 0 spiro atoms. The van der Waals surface area contributed by atoms with Crippen LogP contribution in [-0.4, -0.2) is 11.0 Å². The largest absolute Gasteiger partial charge is 0.508 e. The number of hydrogen-bond donors (Lipinski definition) is 2. The molecule has 1 amide bonds. The van der Waals surface area contributed by atoms with Gasteiger partial charge in [0.05, 0.1) is 0 Å². The fraction of sp³-hybridized carbons (Fsp3) is 0.133. The van der Waals surface area contributed by atoms with E-state index < -0.39 is 0 Å². The smallest absolute Gasteiger partial charge is 0.251 e. The van der Waals surface area contributed by atoms with Gasteiger partial charge in [0, 0.05) is 16.6 Å². The Bertz CT molecular complexity index is 611. The molecule has 19 heavy (non-hydrogen) atoms. The molecule has 0 bridgehead atoms. The van der Waals surface area contributed by atoms with Crippen molar-refractivity contribution in [1.29, 1.82) is 0 Å². The Kier molecular flexibility index (Phi) is 4.22. The van der Waals surface area contributed by atoms with E-state index in [0.29, 0.717) is 12.1 Å². The van der Waals surface area contributed by atoms with Crippen molar-refractivity contribution in [3.8, 4) is 5.75 Å². The van der Waals surface area contributed by atoms with Crippen LogP contribution < -0.4 is 5.32 Å².